The molecule has 0 aromatic carbocycles. The Bertz CT molecular complexity index is 566. The molecule has 0 bridgehead atoms. The first-order valence-electron chi connectivity index (χ1n) is 5.77. The molecule has 2 aromatic heterocycles. The van der Waals surface area contributed by atoms with E-state index in [0.29, 0.717) is 12.5 Å². The Labute approximate surface area is 110 Å². The molecule has 0 spiro atoms. The number of carbonyl (C=O) groups excluding carboxylic acids is 1. The molecule has 0 unspecified atom stereocenters. The van der Waals surface area contributed by atoms with Gasteiger partial charge in [-0.3, -0.25) is 4.79 Å². The summed E-state index contributed by atoms with van der Waals surface area (Å²) < 4.78 is 4.77. The van der Waals surface area contributed by atoms with Gasteiger partial charge in [-0.1, -0.05) is 5.16 Å². The van der Waals surface area contributed by atoms with Gasteiger partial charge >= 0.3 is 0 Å². The summed E-state index contributed by atoms with van der Waals surface area (Å²) >= 11 is 0. The SMILES string of the molecule is Cc1cc(CNC(=O)c2ccno2)nc(N(C)C)n1. The lowest BCUT2D eigenvalue weighted by molar-refractivity contribution is 0.0913. The third-order valence-electron chi connectivity index (χ3n) is 2.39. The van der Waals surface area contributed by atoms with Gasteiger partial charge in [0, 0.05) is 25.9 Å². The fourth-order valence-corrected chi connectivity index (χ4v) is 1.50. The van der Waals surface area contributed by atoms with Crippen LogP contribution in [0.4, 0.5) is 5.95 Å². The standard InChI is InChI=1S/C12H15N5O2/c1-8-6-9(16-12(15-8)17(2)3)7-13-11(18)10-4-5-14-19-10/h4-6H,7H2,1-3H3,(H,13,18). The van der Waals surface area contributed by atoms with E-state index in [2.05, 4.69) is 20.4 Å². The van der Waals surface area contributed by atoms with E-state index in [9.17, 15) is 4.79 Å². The van der Waals surface area contributed by atoms with Crippen LogP contribution in [0.2, 0.25) is 0 Å². The van der Waals surface area contributed by atoms with Gasteiger partial charge in [-0.05, 0) is 13.0 Å². The molecule has 0 saturated carbocycles. The molecule has 1 N–H and O–H groups in total. The van der Waals surface area contributed by atoms with E-state index < -0.39 is 0 Å². The van der Waals surface area contributed by atoms with Crippen molar-refractivity contribution in [2.45, 2.75) is 13.5 Å². The van der Waals surface area contributed by atoms with Crippen LogP contribution in [0.3, 0.4) is 0 Å². The highest BCUT2D eigenvalue weighted by molar-refractivity contribution is 5.91. The number of rotatable bonds is 4. The van der Waals surface area contributed by atoms with Crippen LogP contribution in [-0.2, 0) is 6.54 Å². The Morgan fingerprint density at radius 3 is 2.84 bits per heavy atom. The first kappa shape index (κ1) is 13.0. The van der Waals surface area contributed by atoms with Crippen molar-refractivity contribution in [3.63, 3.8) is 0 Å². The van der Waals surface area contributed by atoms with Crippen LogP contribution < -0.4 is 10.2 Å². The van der Waals surface area contributed by atoms with E-state index in [1.54, 1.807) is 0 Å². The van der Waals surface area contributed by atoms with E-state index in [1.807, 2.05) is 32.0 Å². The van der Waals surface area contributed by atoms with E-state index in [4.69, 9.17) is 4.52 Å². The van der Waals surface area contributed by atoms with E-state index >= 15 is 0 Å². The molecule has 2 rings (SSSR count). The molecule has 0 aliphatic rings. The number of amides is 1. The van der Waals surface area contributed by atoms with Gasteiger partial charge in [-0.15, -0.1) is 0 Å². The topological polar surface area (TPSA) is 84.2 Å². The second-order valence-electron chi connectivity index (χ2n) is 4.25. The lowest BCUT2D eigenvalue weighted by atomic mass is 10.3. The van der Waals surface area contributed by atoms with Crippen molar-refractivity contribution in [3.05, 3.63) is 35.5 Å². The lowest BCUT2D eigenvalue weighted by Gasteiger charge is -2.12. The van der Waals surface area contributed by atoms with Crippen molar-refractivity contribution in [1.82, 2.24) is 20.4 Å². The number of aromatic nitrogens is 3. The number of nitrogens with zero attached hydrogens (tertiary/aromatic N) is 4. The monoisotopic (exact) mass is 261 g/mol. The molecule has 19 heavy (non-hydrogen) atoms. The summed E-state index contributed by atoms with van der Waals surface area (Å²) in [5, 5.41) is 6.19. The molecule has 7 heteroatoms. The molecule has 1 amide bonds. The molecular weight excluding hydrogens is 246 g/mol. The average Bonchev–Trinajstić information content (AvgIpc) is 2.89. The Hall–Kier alpha value is -2.44. The van der Waals surface area contributed by atoms with Gasteiger partial charge in [0.1, 0.15) is 0 Å². The van der Waals surface area contributed by atoms with Gasteiger partial charge < -0.3 is 14.7 Å². The molecule has 0 aliphatic heterocycles. The predicted octanol–water partition coefficient (Wildman–Crippen LogP) is 0.769. The smallest absolute Gasteiger partial charge is 0.290 e. The van der Waals surface area contributed by atoms with Gasteiger partial charge in [-0.2, -0.15) is 0 Å². The molecule has 100 valence electrons. The summed E-state index contributed by atoms with van der Waals surface area (Å²) in [6, 6.07) is 3.33. The minimum absolute atomic E-state index is 0.179. The fraction of sp³-hybridized carbons (Fsp3) is 0.333. The van der Waals surface area contributed by atoms with E-state index in [-0.39, 0.29) is 11.7 Å². The van der Waals surface area contributed by atoms with Crippen LogP contribution >= 0.6 is 0 Å². The van der Waals surface area contributed by atoms with Crippen LogP contribution in [-0.4, -0.2) is 35.1 Å². The summed E-state index contributed by atoms with van der Waals surface area (Å²) in [4.78, 5) is 22.1. The first-order valence-corrected chi connectivity index (χ1v) is 5.77. The maximum atomic E-state index is 11.7. The van der Waals surface area contributed by atoms with Crippen molar-refractivity contribution in [3.8, 4) is 0 Å². The summed E-state index contributed by atoms with van der Waals surface area (Å²) in [6.07, 6.45) is 1.42. The summed E-state index contributed by atoms with van der Waals surface area (Å²) in [7, 11) is 3.73. The van der Waals surface area contributed by atoms with Crippen molar-refractivity contribution in [1.29, 1.82) is 0 Å². The molecule has 7 nitrogen and oxygen atoms in total. The van der Waals surface area contributed by atoms with Crippen molar-refractivity contribution in [2.24, 2.45) is 0 Å². The first-order chi connectivity index (χ1) is 9.06. The van der Waals surface area contributed by atoms with Crippen LogP contribution in [0.5, 0.6) is 0 Å². The van der Waals surface area contributed by atoms with Gasteiger partial charge in [-0.25, -0.2) is 9.97 Å². The summed E-state index contributed by atoms with van der Waals surface area (Å²) in [5.41, 5.74) is 1.59. The molecule has 2 heterocycles. The molecular formula is C12H15N5O2. The largest absolute Gasteiger partial charge is 0.351 e. The zero-order chi connectivity index (χ0) is 13.8. The zero-order valence-corrected chi connectivity index (χ0v) is 11.0. The number of aryl methyl sites for hydroxylation is 1. The van der Waals surface area contributed by atoms with Gasteiger partial charge in [0.2, 0.25) is 11.7 Å². The minimum Gasteiger partial charge on any atom is -0.351 e. The normalized spacial score (nSPS) is 10.3. The van der Waals surface area contributed by atoms with Crippen LogP contribution in [0, 0.1) is 6.92 Å². The third kappa shape index (κ3) is 3.27. The van der Waals surface area contributed by atoms with E-state index in [0.717, 1.165) is 11.4 Å². The van der Waals surface area contributed by atoms with Gasteiger partial charge in [0.05, 0.1) is 18.4 Å². The average molecular weight is 261 g/mol. The maximum Gasteiger partial charge on any atom is 0.290 e. The minimum atomic E-state index is -0.319. The second kappa shape index (κ2) is 5.47. The molecule has 0 saturated heterocycles. The predicted molar refractivity (Wildman–Crippen MR) is 68.8 cm³/mol. The highest BCUT2D eigenvalue weighted by atomic mass is 16.5. The highest BCUT2D eigenvalue weighted by Crippen LogP contribution is 2.07. The van der Waals surface area contributed by atoms with Crippen LogP contribution in [0.25, 0.3) is 0 Å². The number of carbonyl (C=O) groups is 1. The molecule has 0 radical (unpaired) electrons. The molecule has 2 aromatic rings. The maximum absolute atomic E-state index is 11.7. The Morgan fingerprint density at radius 1 is 1.42 bits per heavy atom. The Kier molecular flexibility index (Phi) is 3.74. The van der Waals surface area contributed by atoms with Crippen molar-refractivity contribution in [2.75, 3.05) is 19.0 Å². The lowest BCUT2D eigenvalue weighted by Crippen LogP contribution is -2.24. The Balaban J connectivity index is 2.05. The zero-order valence-electron chi connectivity index (χ0n) is 11.0. The number of hydrogen-bond acceptors (Lipinski definition) is 6. The fourth-order valence-electron chi connectivity index (χ4n) is 1.50. The van der Waals surface area contributed by atoms with Gasteiger partial charge in [0.15, 0.2) is 0 Å². The Morgan fingerprint density at radius 2 is 2.21 bits per heavy atom. The number of hydrogen-bond donors (Lipinski definition) is 1. The highest BCUT2D eigenvalue weighted by Gasteiger charge is 2.10. The summed E-state index contributed by atoms with van der Waals surface area (Å²) in [5.74, 6) is 0.475. The van der Waals surface area contributed by atoms with Crippen LogP contribution in [0.15, 0.2) is 22.9 Å². The quantitative estimate of drug-likeness (QED) is 0.875. The van der Waals surface area contributed by atoms with Gasteiger partial charge in [0.25, 0.3) is 5.91 Å². The van der Waals surface area contributed by atoms with Crippen molar-refractivity contribution >= 4 is 11.9 Å². The second-order valence-corrected chi connectivity index (χ2v) is 4.25. The molecule has 0 fully saturated rings. The van der Waals surface area contributed by atoms with Crippen molar-refractivity contribution < 1.29 is 9.32 Å². The number of nitrogens with one attached hydrogen (secondary N) is 1. The third-order valence-corrected chi connectivity index (χ3v) is 2.39. The number of anilines is 1. The van der Waals surface area contributed by atoms with Crippen LogP contribution in [0.1, 0.15) is 21.9 Å². The molecule has 0 atom stereocenters. The molecule has 0 aliphatic carbocycles. The summed E-state index contributed by atoms with van der Waals surface area (Å²) in [6.45, 7) is 2.19. The van der Waals surface area contributed by atoms with E-state index in [1.165, 1.54) is 12.3 Å².